The summed E-state index contributed by atoms with van der Waals surface area (Å²) in [5.74, 6) is -0.638. The fourth-order valence-corrected chi connectivity index (χ4v) is 2.90. The second-order valence-corrected chi connectivity index (χ2v) is 7.27. The van der Waals surface area contributed by atoms with Crippen molar-refractivity contribution in [3.63, 3.8) is 0 Å². The minimum atomic E-state index is -3.51. The molecule has 4 nitrogen and oxygen atoms in total. The fraction of sp³-hybridized carbons (Fsp3) is 0.500. The molecule has 0 saturated carbocycles. The van der Waals surface area contributed by atoms with Crippen molar-refractivity contribution < 1.29 is 12.8 Å². The van der Waals surface area contributed by atoms with Crippen LogP contribution in [0.5, 0.6) is 0 Å². The SMILES string of the molecule is CC(C)NCCCS(=O)(=O)Nc1ccc(Br)cc1F. The highest BCUT2D eigenvalue weighted by Gasteiger charge is 2.13. The molecule has 19 heavy (non-hydrogen) atoms. The maximum Gasteiger partial charge on any atom is 0.232 e. The number of hydrogen-bond acceptors (Lipinski definition) is 3. The zero-order valence-electron chi connectivity index (χ0n) is 10.9. The highest BCUT2D eigenvalue weighted by molar-refractivity contribution is 9.10. The molecule has 0 unspecified atom stereocenters. The normalized spacial score (nSPS) is 11.8. The molecular weight excluding hydrogens is 335 g/mol. The lowest BCUT2D eigenvalue weighted by Crippen LogP contribution is -2.26. The Morgan fingerprint density at radius 1 is 1.37 bits per heavy atom. The molecule has 0 aliphatic rings. The second-order valence-electron chi connectivity index (χ2n) is 4.51. The molecule has 0 aliphatic heterocycles. The van der Waals surface area contributed by atoms with Gasteiger partial charge in [0.2, 0.25) is 10.0 Å². The van der Waals surface area contributed by atoms with Crippen molar-refractivity contribution in [1.29, 1.82) is 0 Å². The van der Waals surface area contributed by atoms with Gasteiger partial charge in [-0.25, -0.2) is 12.8 Å². The van der Waals surface area contributed by atoms with Crippen molar-refractivity contribution in [2.24, 2.45) is 0 Å². The molecule has 0 spiro atoms. The third-order valence-electron chi connectivity index (χ3n) is 2.34. The number of hydrogen-bond donors (Lipinski definition) is 2. The van der Waals surface area contributed by atoms with E-state index in [1.165, 1.54) is 12.1 Å². The molecule has 1 aromatic rings. The maximum atomic E-state index is 13.5. The van der Waals surface area contributed by atoms with Crippen molar-refractivity contribution in [2.75, 3.05) is 17.0 Å². The van der Waals surface area contributed by atoms with Gasteiger partial charge in [-0.2, -0.15) is 0 Å². The zero-order valence-corrected chi connectivity index (χ0v) is 13.3. The van der Waals surface area contributed by atoms with Crippen LogP contribution < -0.4 is 10.0 Å². The van der Waals surface area contributed by atoms with Crippen LogP contribution in [0.25, 0.3) is 0 Å². The average Bonchev–Trinajstić information content (AvgIpc) is 2.28. The number of benzene rings is 1. The first kappa shape index (κ1) is 16.4. The third-order valence-corrected chi connectivity index (χ3v) is 4.19. The Morgan fingerprint density at radius 3 is 2.63 bits per heavy atom. The summed E-state index contributed by atoms with van der Waals surface area (Å²) < 4.78 is 39.8. The van der Waals surface area contributed by atoms with Gasteiger partial charge in [0, 0.05) is 10.5 Å². The summed E-state index contributed by atoms with van der Waals surface area (Å²) in [5.41, 5.74) is -0.0278. The van der Waals surface area contributed by atoms with Gasteiger partial charge in [-0.05, 0) is 31.2 Å². The molecule has 1 rings (SSSR count). The van der Waals surface area contributed by atoms with Crippen LogP contribution in [0.3, 0.4) is 0 Å². The monoisotopic (exact) mass is 352 g/mol. The van der Waals surface area contributed by atoms with E-state index >= 15 is 0 Å². The summed E-state index contributed by atoms with van der Waals surface area (Å²) in [6.45, 7) is 4.59. The Bertz CT molecular complexity index is 520. The number of rotatable bonds is 7. The van der Waals surface area contributed by atoms with Crippen LogP contribution in [0.15, 0.2) is 22.7 Å². The molecule has 0 heterocycles. The van der Waals surface area contributed by atoms with E-state index < -0.39 is 15.8 Å². The predicted octanol–water partition coefficient (Wildman–Crippen LogP) is 2.72. The lowest BCUT2D eigenvalue weighted by molar-refractivity contribution is 0.570. The van der Waals surface area contributed by atoms with Crippen molar-refractivity contribution in [2.45, 2.75) is 26.3 Å². The highest BCUT2D eigenvalue weighted by Crippen LogP contribution is 2.20. The second kappa shape index (κ2) is 7.21. The molecule has 0 fully saturated rings. The van der Waals surface area contributed by atoms with Gasteiger partial charge >= 0.3 is 0 Å². The molecule has 0 saturated heterocycles. The van der Waals surface area contributed by atoms with Gasteiger partial charge < -0.3 is 5.32 Å². The topological polar surface area (TPSA) is 58.2 Å². The van der Waals surface area contributed by atoms with Gasteiger partial charge in [-0.15, -0.1) is 0 Å². The van der Waals surface area contributed by atoms with Crippen molar-refractivity contribution in [3.05, 3.63) is 28.5 Å². The Hall–Kier alpha value is -0.660. The van der Waals surface area contributed by atoms with Gasteiger partial charge in [-0.3, -0.25) is 4.72 Å². The van der Waals surface area contributed by atoms with Gasteiger partial charge in [-0.1, -0.05) is 29.8 Å². The van der Waals surface area contributed by atoms with Crippen molar-refractivity contribution in [1.82, 2.24) is 5.32 Å². The van der Waals surface area contributed by atoms with E-state index in [-0.39, 0.29) is 11.4 Å². The Balaban J connectivity index is 2.54. The summed E-state index contributed by atoms with van der Waals surface area (Å²) >= 11 is 3.12. The Labute approximate surface area is 122 Å². The van der Waals surface area contributed by atoms with Crippen LogP contribution in [-0.2, 0) is 10.0 Å². The van der Waals surface area contributed by atoms with Crippen LogP contribution >= 0.6 is 15.9 Å². The molecule has 0 atom stereocenters. The molecular formula is C12H18BrFN2O2S. The number of nitrogens with one attached hydrogen (secondary N) is 2. The molecule has 0 aliphatic carbocycles. The number of anilines is 1. The predicted molar refractivity (Wildman–Crippen MR) is 79.3 cm³/mol. The first-order chi connectivity index (χ1) is 8.80. The van der Waals surface area contributed by atoms with E-state index in [1.807, 2.05) is 13.8 Å². The Morgan fingerprint density at radius 2 is 2.05 bits per heavy atom. The van der Waals surface area contributed by atoms with Crippen LogP contribution in [0.1, 0.15) is 20.3 Å². The van der Waals surface area contributed by atoms with E-state index in [4.69, 9.17) is 0 Å². The summed E-state index contributed by atoms with van der Waals surface area (Å²) in [4.78, 5) is 0. The standard InChI is InChI=1S/C12H18BrFN2O2S/c1-9(2)15-6-3-7-19(17,18)16-12-5-4-10(13)8-11(12)14/h4-5,8-9,15-16H,3,6-7H2,1-2H3. The minimum absolute atomic E-state index is 0.0278. The van der Waals surface area contributed by atoms with Gasteiger partial charge in [0.1, 0.15) is 5.82 Å². The molecule has 7 heteroatoms. The molecule has 0 bridgehead atoms. The first-order valence-corrected chi connectivity index (χ1v) is 8.43. The molecule has 108 valence electrons. The van der Waals surface area contributed by atoms with Crippen molar-refractivity contribution in [3.8, 4) is 0 Å². The Kier molecular flexibility index (Phi) is 6.22. The van der Waals surface area contributed by atoms with Crippen LogP contribution in [0.2, 0.25) is 0 Å². The molecule has 0 amide bonds. The van der Waals surface area contributed by atoms with Gasteiger partial charge in [0.25, 0.3) is 0 Å². The fourth-order valence-electron chi connectivity index (χ4n) is 1.44. The lowest BCUT2D eigenvalue weighted by Gasteiger charge is -2.10. The minimum Gasteiger partial charge on any atom is -0.314 e. The largest absolute Gasteiger partial charge is 0.314 e. The average molecular weight is 353 g/mol. The first-order valence-electron chi connectivity index (χ1n) is 5.99. The molecule has 0 aromatic heterocycles. The number of sulfonamides is 1. The summed E-state index contributed by atoms with van der Waals surface area (Å²) in [7, 11) is -3.51. The van der Waals surface area contributed by atoms with E-state index in [0.717, 1.165) is 0 Å². The van der Waals surface area contributed by atoms with E-state index in [9.17, 15) is 12.8 Å². The van der Waals surface area contributed by atoms with Crippen LogP contribution in [-0.4, -0.2) is 26.8 Å². The van der Waals surface area contributed by atoms with Crippen LogP contribution in [0, 0.1) is 5.82 Å². The lowest BCUT2D eigenvalue weighted by atomic mass is 10.3. The highest BCUT2D eigenvalue weighted by atomic mass is 79.9. The molecule has 2 N–H and O–H groups in total. The van der Waals surface area contributed by atoms with E-state index in [0.29, 0.717) is 23.5 Å². The summed E-state index contributed by atoms with van der Waals surface area (Å²) in [6, 6.07) is 4.52. The molecule has 1 aromatic carbocycles. The van der Waals surface area contributed by atoms with Crippen LogP contribution in [0.4, 0.5) is 10.1 Å². The number of halogens is 2. The summed E-state index contributed by atoms with van der Waals surface area (Å²) in [5, 5.41) is 3.13. The summed E-state index contributed by atoms with van der Waals surface area (Å²) in [6.07, 6.45) is 0.478. The third kappa shape index (κ3) is 6.35. The van der Waals surface area contributed by atoms with Gasteiger partial charge in [0.15, 0.2) is 0 Å². The van der Waals surface area contributed by atoms with Crippen molar-refractivity contribution >= 4 is 31.6 Å². The van der Waals surface area contributed by atoms with E-state index in [1.54, 1.807) is 6.07 Å². The zero-order chi connectivity index (χ0) is 14.5. The van der Waals surface area contributed by atoms with Gasteiger partial charge in [0.05, 0.1) is 11.4 Å². The quantitative estimate of drug-likeness (QED) is 0.741. The maximum absolute atomic E-state index is 13.5. The smallest absolute Gasteiger partial charge is 0.232 e. The molecule has 0 radical (unpaired) electrons. The van der Waals surface area contributed by atoms with E-state index in [2.05, 4.69) is 26.0 Å².